The van der Waals surface area contributed by atoms with Gasteiger partial charge in [0.15, 0.2) is 5.58 Å². The molecule has 1 saturated heterocycles. The number of hydrogen-bond donors (Lipinski definition) is 2. The van der Waals surface area contributed by atoms with Gasteiger partial charge in [-0.2, -0.15) is 0 Å². The molecule has 0 saturated carbocycles. The quantitative estimate of drug-likeness (QED) is 0.879. The van der Waals surface area contributed by atoms with Gasteiger partial charge in [-0.1, -0.05) is 17.3 Å². The van der Waals surface area contributed by atoms with E-state index in [2.05, 4.69) is 15.2 Å². The topological polar surface area (TPSA) is 84.2 Å². The van der Waals surface area contributed by atoms with Crippen molar-refractivity contribution in [1.82, 2.24) is 15.2 Å². The zero-order valence-electron chi connectivity index (χ0n) is 11.0. The van der Waals surface area contributed by atoms with Gasteiger partial charge in [0.2, 0.25) is 10.0 Å². The molecule has 0 aliphatic carbocycles. The van der Waals surface area contributed by atoms with E-state index < -0.39 is 10.0 Å². The Morgan fingerprint density at radius 3 is 3.05 bits per heavy atom. The molecule has 1 aromatic heterocycles. The van der Waals surface area contributed by atoms with Crippen molar-refractivity contribution in [2.45, 2.75) is 24.6 Å². The number of piperidine rings is 1. The van der Waals surface area contributed by atoms with Gasteiger partial charge in [0.1, 0.15) is 11.4 Å². The van der Waals surface area contributed by atoms with Crippen molar-refractivity contribution in [3.8, 4) is 0 Å². The molecule has 20 heavy (non-hydrogen) atoms. The van der Waals surface area contributed by atoms with E-state index in [1.165, 1.54) is 0 Å². The molecule has 3 rings (SSSR count). The van der Waals surface area contributed by atoms with Crippen LogP contribution in [-0.2, 0) is 15.8 Å². The van der Waals surface area contributed by atoms with Crippen LogP contribution in [0.25, 0.3) is 11.0 Å². The molecular weight excluding hydrogens is 278 g/mol. The third-order valence-corrected chi connectivity index (χ3v) is 4.77. The highest BCUT2D eigenvalue weighted by Crippen LogP contribution is 2.19. The second-order valence-corrected chi connectivity index (χ2v) is 6.80. The molecule has 0 amide bonds. The lowest BCUT2D eigenvalue weighted by Gasteiger charge is -2.23. The summed E-state index contributed by atoms with van der Waals surface area (Å²) in [4.78, 5) is 0. The number of sulfonamides is 1. The van der Waals surface area contributed by atoms with Crippen molar-refractivity contribution >= 4 is 21.0 Å². The first-order valence-corrected chi connectivity index (χ1v) is 8.33. The maximum absolute atomic E-state index is 12.2. The molecule has 1 aliphatic heterocycles. The first-order chi connectivity index (χ1) is 9.64. The van der Waals surface area contributed by atoms with Crippen molar-refractivity contribution in [1.29, 1.82) is 0 Å². The van der Waals surface area contributed by atoms with Gasteiger partial charge in [-0.25, -0.2) is 13.1 Å². The number of para-hydroxylation sites is 1. The van der Waals surface area contributed by atoms with E-state index in [0.29, 0.717) is 17.8 Å². The third-order valence-electron chi connectivity index (χ3n) is 3.42. The summed E-state index contributed by atoms with van der Waals surface area (Å²) in [5.74, 6) is -0.152. The first kappa shape index (κ1) is 13.5. The Labute approximate surface area is 117 Å². The van der Waals surface area contributed by atoms with Gasteiger partial charge in [0.25, 0.3) is 0 Å². The normalized spacial score (nSPS) is 20.3. The first-order valence-electron chi connectivity index (χ1n) is 6.68. The molecule has 0 unspecified atom stereocenters. The summed E-state index contributed by atoms with van der Waals surface area (Å²) < 4.78 is 32.2. The summed E-state index contributed by atoms with van der Waals surface area (Å²) in [6.07, 6.45) is 1.85. The van der Waals surface area contributed by atoms with E-state index in [9.17, 15) is 8.42 Å². The Bertz CT molecular complexity index is 690. The molecule has 6 nitrogen and oxygen atoms in total. The molecular formula is C13H17N3O3S. The van der Waals surface area contributed by atoms with Crippen LogP contribution in [0, 0.1) is 0 Å². The summed E-state index contributed by atoms with van der Waals surface area (Å²) in [5, 5.41) is 7.80. The van der Waals surface area contributed by atoms with Crippen LogP contribution in [0.2, 0.25) is 0 Å². The predicted molar refractivity (Wildman–Crippen MR) is 75.7 cm³/mol. The Morgan fingerprint density at radius 2 is 2.25 bits per heavy atom. The van der Waals surface area contributed by atoms with Crippen LogP contribution in [0.1, 0.15) is 18.5 Å². The Balaban J connectivity index is 1.75. The van der Waals surface area contributed by atoms with Crippen LogP contribution in [-0.4, -0.2) is 32.7 Å². The van der Waals surface area contributed by atoms with E-state index in [4.69, 9.17) is 4.52 Å². The van der Waals surface area contributed by atoms with Crippen LogP contribution < -0.4 is 10.0 Å². The van der Waals surface area contributed by atoms with Crippen LogP contribution in [0.3, 0.4) is 0 Å². The predicted octanol–water partition coefficient (Wildman–Crippen LogP) is 0.999. The molecule has 1 atom stereocenters. The lowest BCUT2D eigenvalue weighted by Crippen LogP contribution is -2.45. The SMILES string of the molecule is O=S(=O)(Cc1noc2ccccc12)N[C@H]1CCCNC1. The van der Waals surface area contributed by atoms with Crippen LogP contribution in [0.5, 0.6) is 0 Å². The van der Waals surface area contributed by atoms with Crippen molar-refractivity contribution in [2.24, 2.45) is 0 Å². The van der Waals surface area contributed by atoms with Gasteiger partial charge in [0.05, 0.1) is 0 Å². The molecule has 0 spiro atoms. The molecule has 2 N–H and O–H groups in total. The van der Waals surface area contributed by atoms with Crippen LogP contribution >= 0.6 is 0 Å². The zero-order chi connectivity index (χ0) is 14.0. The van der Waals surface area contributed by atoms with Gasteiger partial charge < -0.3 is 9.84 Å². The van der Waals surface area contributed by atoms with E-state index in [1.807, 2.05) is 18.2 Å². The molecule has 1 aromatic carbocycles. The second kappa shape index (κ2) is 5.51. The number of nitrogens with one attached hydrogen (secondary N) is 2. The van der Waals surface area contributed by atoms with Crippen LogP contribution in [0.4, 0.5) is 0 Å². The van der Waals surface area contributed by atoms with Gasteiger partial charge >= 0.3 is 0 Å². The summed E-state index contributed by atoms with van der Waals surface area (Å²) in [6.45, 7) is 1.63. The molecule has 1 aliphatic rings. The number of aromatic nitrogens is 1. The minimum Gasteiger partial charge on any atom is -0.356 e. The Hall–Kier alpha value is -1.44. The Morgan fingerprint density at radius 1 is 1.40 bits per heavy atom. The summed E-state index contributed by atoms with van der Waals surface area (Å²) in [5.41, 5.74) is 1.06. The molecule has 7 heteroatoms. The fourth-order valence-corrected chi connectivity index (χ4v) is 3.83. The van der Waals surface area contributed by atoms with E-state index in [-0.39, 0.29) is 11.8 Å². The van der Waals surface area contributed by atoms with Crippen molar-refractivity contribution in [3.63, 3.8) is 0 Å². The molecule has 1 fully saturated rings. The molecule has 0 bridgehead atoms. The average Bonchev–Trinajstić information content (AvgIpc) is 2.82. The zero-order valence-corrected chi connectivity index (χ0v) is 11.8. The molecule has 108 valence electrons. The summed E-state index contributed by atoms with van der Waals surface area (Å²) >= 11 is 0. The van der Waals surface area contributed by atoms with E-state index in [0.717, 1.165) is 24.8 Å². The van der Waals surface area contributed by atoms with Crippen molar-refractivity contribution < 1.29 is 12.9 Å². The molecule has 2 heterocycles. The lowest BCUT2D eigenvalue weighted by molar-refractivity contribution is 0.427. The van der Waals surface area contributed by atoms with Crippen molar-refractivity contribution in [3.05, 3.63) is 30.0 Å². The van der Waals surface area contributed by atoms with Crippen molar-refractivity contribution in [2.75, 3.05) is 13.1 Å². The van der Waals surface area contributed by atoms with Crippen LogP contribution in [0.15, 0.2) is 28.8 Å². The maximum Gasteiger partial charge on any atom is 0.217 e. The smallest absolute Gasteiger partial charge is 0.217 e. The standard InChI is InChI=1S/C13H17N3O3S/c17-20(18,16-10-4-3-7-14-8-10)9-12-11-5-1-2-6-13(11)19-15-12/h1-2,5-6,10,14,16H,3-4,7-9H2/t10-/m0/s1. The minimum absolute atomic E-state index is 0.0353. The molecule has 0 radical (unpaired) electrons. The monoisotopic (exact) mass is 295 g/mol. The minimum atomic E-state index is -3.41. The van der Waals surface area contributed by atoms with E-state index >= 15 is 0 Å². The number of rotatable bonds is 4. The maximum atomic E-state index is 12.2. The van der Waals surface area contributed by atoms with Gasteiger partial charge in [-0.05, 0) is 31.5 Å². The van der Waals surface area contributed by atoms with Gasteiger partial charge in [-0.15, -0.1) is 0 Å². The van der Waals surface area contributed by atoms with Gasteiger partial charge in [0, 0.05) is 18.0 Å². The van der Waals surface area contributed by atoms with Gasteiger partial charge in [-0.3, -0.25) is 0 Å². The highest BCUT2D eigenvalue weighted by Gasteiger charge is 2.22. The number of fused-ring (bicyclic) bond motifs is 1. The average molecular weight is 295 g/mol. The highest BCUT2D eigenvalue weighted by atomic mass is 32.2. The largest absolute Gasteiger partial charge is 0.356 e. The third kappa shape index (κ3) is 3.00. The lowest BCUT2D eigenvalue weighted by atomic mass is 10.1. The fraction of sp³-hybridized carbons (Fsp3) is 0.462. The number of benzene rings is 1. The number of nitrogens with zero attached hydrogens (tertiary/aromatic N) is 1. The molecule has 2 aromatic rings. The Kier molecular flexibility index (Phi) is 3.73. The fourth-order valence-electron chi connectivity index (χ4n) is 2.47. The highest BCUT2D eigenvalue weighted by molar-refractivity contribution is 7.88. The number of hydrogen-bond acceptors (Lipinski definition) is 5. The second-order valence-electron chi connectivity index (χ2n) is 5.05. The summed E-state index contributed by atoms with van der Waals surface area (Å²) in [7, 11) is -3.41. The summed E-state index contributed by atoms with van der Waals surface area (Å²) in [6, 6.07) is 7.23. The van der Waals surface area contributed by atoms with E-state index in [1.54, 1.807) is 6.07 Å².